The number of phenols is 1. The van der Waals surface area contributed by atoms with Gasteiger partial charge in [0.15, 0.2) is 0 Å². The number of rotatable bonds is 13. The second-order valence-electron chi connectivity index (χ2n) is 13.9. The number of aryl methyl sites for hydroxylation is 5. The summed E-state index contributed by atoms with van der Waals surface area (Å²) in [5, 5.41) is 32.9. The van der Waals surface area contributed by atoms with Gasteiger partial charge in [0.2, 0.25) is 0 Å². The van der Waals surface area contributed by atoms with Crippen molar-refractivity contribution in [3.63, 3.8) is 0 Å². The van der Waals surface area contributed by atoms with Crippen molar-refractivity contribution in [3.05, 3.63) is 99.0 Å². The van der Waals surface area contributed by atoms with Gasteiger partial charge in [-0.25, -0.2) is 13.9 Å². The number of hydrogen-bond donors (Lipinski definition) is 2. The van der Waals surface area contributed by atoms with Gasteiger partial charge in [0.25, 0.3) is 0 Å². The summed E-state index contributed by atoms with van der Waals surface area (Å²) in [4.78, 5) is 13.1. The minimum absolute atomic E-state index is 0.0104. The first-order valence-electron chi connectivity index (χ1n) is 18.3. The normalized spacial score (nSPS) is 14.8. The van der Waals surface area contributed by atoms with Crippen molar-refractivity contribution in [2.75, 3.05) is 20.3 Å². The van der Waals surface area contributed by atoms with Crippen LogP contribution in [0.25, 0.3) is 32.8 Å². The maximum atomic E-state index is 13.9. The summed E-state index contributed by atoms with van der Waals surface area (Å²) in [5.41, 5.74) is 8.51. The summed E-state index contributed by atoms with van der Waals surface area (Å²) in [5.74, 6) is 0.599. The molecule has 1 unspecified atom stereocenters. The average molecular weight is 774 g/mol. The fourth-order valence-corrected chi connectivity index (χ4v) is 8.90. The molecule has 1 aliphatic rings. The molecule has 1 saturated heterocycles. The molecule has 1 fully saturated rings. The maximum absolute atomic E-state index is 13.9. The molecule has 3 aromatic heterocycles. The predicted molar refractivity (Wildman–Crippen MR) is 211 cm³/mol. The highest BCUT2D eigenvalue weighted by Gasteiger charge is 2.30. The fraction of sp³-hybridized carbons (Fsp3) is 0.390. The van der Waals surface area contributed by atoms with Gasteiger partial charge in [0.05, 0.1) is 18.5 Å². The number of carbonyl (C=O) groups excluding carboxylic acids is 1. The number of thioether (sulfide) groups is 1. The van der Waals surface area contributed by atoms with E-state index in [0.29, 0.717) is 65.4 Å². The minimum Gasteiger partial charge on any atom is -0.507 e. The molecule has 0 aliphatic carbocycles. The maximum Gasteiger partial charge on any atom is 0.354 e. The second kappa shape index (κ2) is 16.2. The van der Waals surface area contributed by atoms with Crippen LogP contribution in [0.15, 0.2) is 48.5 Å². The Morgan fingerprint density at radius 2 is 1.91 bits per heavy atom. The molecule has 13 heteroatoms. The summed E-state index contributed by atoms with van der Waals surface area (Å²) in [6.45, 7) is 5.09. The number of nitrogens with zero attached hydrogens (tertiary/aromatic N) is 5. The Balaban J connectivity index is 1.18. The van der Waals surface area contributed by atoms with E-state index in [1.54, 1.807) is 23.9 Å². The molecule has 0 radical (unpaired) electrons. The Hall–Kier alpha value is -4.36. The molecule has 7 rings (SSSR count). The zero-order chi connectivity index (χ0) is 38.1. The van der Waals surface area contributed by atoms with E-state index in [9.17, 15) is 19.4 Å². The van der Waals surface area contributed by atoms with Crippen LogP contribution in [-0.4, -0.2) is 60.6 Å². The van der Waals surface area contributed by atoms with Crippen LogP contribution in [0.1, 0.15) is 76.3 Å². The van der Waals surface area contributed by atoms with E-state index in [-0.39, 0.29) is 24.4 Å². The number of phenolic OH excluding ortho intramolecular Hbond substituents is 1. The number of hydrogen-bond acceptors (Lipinski definition) is 8. The van der Waals surface area contributed by atoms with E-state index in [1.165, 1.54) is 19.2 Å². The van der Waals surface area contributed by atoms with Gasteiger partial charge < -0.3 is 24.3 Å². The third-order valence-electron chi connectivity index (χ3n) is 10.4. The van der Waals surface area contributed by atoms with Crippen LogP contribution in [0.5, 0.6) is 5.75 Å². The van der Waals surface area contributed by atoms with Gasteiger partial charge in [-0.1, -0.05) is 17.7 Å². The van der Waals surface area contributed by atoms with E-state index in [4.69, 9.17) is 31.3 Å². The molecule has 4 heterocycles. The number of benzene rings is 3. The predicted octanol–water partition coefficient (Wildman–Crippen LogP) is 8.59. The molecule has 0 saturated carbocycles. The molecule has 0 amide bonds. The molecule has 0 bridgehead atoms. The van der Waals surface area contributed by atoms with Crippen LogP contribution >= 0.6 is 23.4 Å². The van der Waals surface area contributed by atoms with E-state index < -0.39 is 5.97 Å². The number of carbonyl (C=O) groups is 1. The highest BCUT2D eigenvalue weighted by atomic mass is 35.5. The first kappa shape index (κ1) is 37.9. The van der Waals surface area contributed by atoms with Gasteiger partial charge in [-0.3, -0.25) is 4.68 Å². The summed E-state index contributed by atoms with van der Waals surface area (Å²) in [6, 6.07) is 14.0. The summed E-state index contributed by atoms with van der Waals surface area (Å²) >= 11 is 8.82. The lowest BCUT2D eigenvalue weighted by Gasteiger charge is -2.24. The van der Waals surface area contributed by atoms with E-state index in [1.807, 2.05) is 46.1 Å². The Labute approximate surface area is 322 Å². The lowest BCUT2D eigenvalue weighted by Crippen LogP contribution is -2.20. The van der Waals surface area contributed by atoms with E-state index in [0.717, 1.165) is 75.2 Å². The first-order valence-corrected chi connectivity index (χ1v) is 19.8. The average Bonchev–Trinajstić information content (AvgIpc) is 3.78. The van der Waals surface area contributed by atoms with Crippen LogP contribution in [-0.2, 0) is 47.4 Å². The first-order chi connectivity index (χ1) is 26.1. The highest BCUT2D eigenvalue weighted by Crippen LogP contribution is 2.44. The number of aliphatic hydroxyl groups is 1. The van der Waals surface area contributed by atoms with Gasteiger partial charge in [-0.2, -0.15) is 10.2 Å². The highest BCUT2D eigenvalue weighted by molar-refractivity contribution is 7.97. The molecule has 6 aromatic rings. The topological polar surface area (TPSA) is 117 Å². The SMILES string of the molecule is COC(=O)c1c(C)c2c(-c3c(CSCc4cc(CCc5cc(O)c6ccc(F)cc6c5)n(C)n4)nn(C4CCCCO4)c3C)c(Cl)ccc2n1CCCO. The summed E-state index contributed by atoms with van der Waals surface area (Å²) in [7, 11) is 3.31. The standard InChI is InChI=1S/C41H45ClFN5O5S/c1-24-37-34(47(15-7-16-49)40(24)41(51)52-4)14-13-32(42)39(37)38-25(2)48(36-8-5-6-17-53-36)45-33(38)23-54-22-29-21-30(46(3)44-29)11-9-26-18-27-20-28(43)10-12-31(27)35(50)19-26/h10,12-14,18-21,36,49-50H,5-9,11,15-17,22-23H2,1-4H3. The lowest BCUT2D eigenvalue weighted by molar-refractivity contribution is -0.0407. The number of aromatic nitrogens is 5. The Bertz CT molecular complexity index is 2340. The van der Waals surface area contributed by atoms with Crippen molar-refractivity contribution < 1.29 is 28.9 Å². The molecule has 54 heavy (non-hydrogen) atoms. The molecule has 1 atom stereocenters. The number of ether oxygens (including phenoxy) is 2. The van der Waals surface area contributed by atoms with Crippen molar-refractivity contribution >= 4 is 51.0 Å². The van der Waals surface area contributed by atoms with Gasteiger partial charge in [0, 0.05) is 82.1 Å². The van der Waals surface area contributed by atoms with Crippen LogP contribution in [0.2, 0.25) is 5.02 Å². The zero-order valence-electron chi connectivity index (χ0n) is 31.0. The third kappa shape index (κ3) is 7.36. The van der Waals surface area contributed by atoms with Crippen LogP contribution in [0.4, 0.5) is 4.39 Å². The molecule has 284 valence electrons. The second-order valence-corrected chi connectivity index (χ2v) is 15.3. The summed E-state index contributed by atoms with van der Waals surface area (Å²) < 4.78 is 31.1. The Morgan fingerprint density at radius 3 is 2.67 bits per heavy atom. The van der Waals surface area contributed by atoms with Crippen LogP contribution in [0, 0.1) is 19.7 Å². The number of esters is 1. The van der Waals surface area contributed by atoms with Gasteiger partial charge >= 0.3 is 5.97 Å². The van der Waals surface area contributed by atoms with Gasteiger partial charge in [-0.15, -0.1) is 11.8 Å². The molecular weight excluding hydrogens is 729 g/mol. The van der Waals surface area contributed by atoms with Crippen LogP contribution < -0.4 is 0 Å². The number of methoxy groups -OCH3 is 1. The molecule has 1 aliphatic heterocycles. The van der Waals surface area contributed by atoms with Crippen molar-refractivity contribution in [1.29, 1.82) is 0 Å². The monoisotopic (exact) mass is 773 g/mol. The molecule has 10 nitrogen and oxygen atoms in total. The van der Waals surface area contributed by atoms with Crippen molar-refractivity contribution in [2.24, 2.45) is 7.05 Å². The Morgan fingerprint density at radius 1 is 1.07 bits per heavy atom. The number of halogens is 2. The van der Waals surface area contributed by atoms with Crippen LogP contribution in [0.3, 0.4) is 0 Å². The van der Waals surface area contributed by atoms with Crippen molar-refractivity contribution in [3.8, 4) is 16.9 Å². The van der Waals surface area contributed by atoms with Crippen molar-refractivity contribution in [2.45, 2.75) is 76.7 Å². The lowest BCUT2D eigenvalue weighted by atomic mass is 9.97. The van der Waals surface area contributed by atoms with Crippen molar-refractivity contribution in [1.82, 2.24) is 24.1 Å². The van der Waals surface area contributed by atoms with E-state index in [2.05, 4.69) is 13.0 Å². The van der Waals surface area contributed by atoms with E-state index >= 15 is 0 Å². The third-order valence-corrected chi connectivity index (χ3v) is 11.7. The fourth-order valence-electron chi connectivity index (χ4n) is 7.81. The van der Waals surface area contributed by atoms with Gasteiger partial charge in [-0.05, 0) is 111 Å². The molecule has 2 N–H and O–H groups in total. The minimum atomic E-state index is -0.442. The molecular formula is C41H45ClFN5O5S. The summed E-state index contributed by atoms with van der Waals surface area (Å²) in [6.07, 6.45) is 4.60. The zero-order valence-corrected chi connectivity index (χ0v) is 32.6. The quantitative estimate of drug-likeness (QED) is 0.112. The smallest absolute Gasteiger partial charge is 0.354 e. The van der Waals surface area contributed by atoms with Gasteiger partial charge in [0.1, 0.15) is 23.5 Å². The number of aromatic hydroxyl groups is 1. The largest absolute Gasteiger partial charge is 0.507 e. The number of fused-ring (bicyclic) bond motifs is 2. The number of aliphatic hydroxyl groups excluding tert-OH is 1. The molecule has 0 spiro atoms. The molecule has 3 aromatic carbocycles. The Kier molecular flexibility index (Phi) is 11.4.